The Morgan fingerprint density at radius 1 is 1.09 bits per heavy atom. The van der Waals surface area contributed by atoms with Gasteiger partial charge in [0.05, 0.1) is 11.6 Å². The molecule has 164 valence electrons. The number of ether oxygens (including phenoxy) is 2. The number of hydrogen-bond acceptors (Lipinski definition) is 6. The molecule has 0 spiro atoms. The van der Waals surface area contributed by atoms with Gasteiger partial charge in [-0.1, -0.05) is 30.3 Å². The zero-order chi connectivity index (χ0) is 21.9. The lowest BCUT2D eigenvalue weighted by Gasteiger charge is -2.20. The first-order valence-electron chi connectivity index (χ1n) is 10.7. The molecular weight excluding hydrogens is 426 g/mol. The molecule has 2 aromatic carbocycles. The predicted octanol–water partition coefficient (Wildman–Crippen LogP) is 3.90. The van der Waals surface area contributed by atoms with Crippen LogP contribution in [0.3, 0.4) is 0 Å². The highest BCUT2D eigenvalue weighted by molar-refractivity contribution is 7.16. The maximum absolute atomic E-state index is 12.9. The maximum atomic E-state index is 12.9. The summed E-state index contributed by atoms with van der Waals surface area (Å²) in [5.41, 5.74) is 2.45. The Balaban J connectivity index is 1.24. The van der Waals surface area contributed by atoms with Gasteiger partial charge >= 0.3 is 0 Å². The zero-order valence-corrected chi connectivity index (χ0v) is 18.2. The van der Waals surface area contributed by atoms with Crippen molar-refractivity contribution in [2.75, 3.05) is 18.7 Å². The third-order valence-corrected chi connectivity index (χ3v) is 6.73. The average Bonchev–Trinajstić information content (AvgIpc) is 3.45. The Bertz CT molecular complexity index is 1150. The number of aryl methyl sites for hydroxylation is 1. The van der Waals surface area contributed by atoms with E-state index >= 15 is 0 Å². The van der Waals surface area contributed by atoms with E-state index in [-0.39, 0.29) is 24.5 Å². The number of fused-ring (bicyclic) bond motifs is 2. The number of carbonyl (C=O) groups is 2. The monoisotopic (exact) mass is 449 g/mol. The fourth-order valence-corrected chi connectivity index (χ4v) is 5.09. The minimum Gasteiger partial charge on any atom is -0.454 e. The van der Waals surface area contributed by atoms with Gasteiger partial charge in [-0.25, -0.2) is 4.98 Å². The lowest BCUT2D eigenvalue weighted by Crippen LogP contribution is -2.32. The van der Waals surface area contributed by atoms with Crippen LogP contribution in [0.4, 0.5) is 5.13 Å². The molecule has 1 aliphatic carbocycles. The molecule has 2 amide bonds. The summed E-state index contributed by atoms with van der Waals surface area (Å²) in [7, 11) is 0. The predicted molar refractivity (Wildman–Crippen MR) is 121 cm³/mol. The van der Waals surface area contributed by atoms with E-state index in [1.165, 1.54) is 16.9 Å². The molecule has 1 atom stereocenters. The second-order valence-electron chi connectivity index (χ2n) is 7.82. The molecule has 8 heteroatoms. The normalized spacial score (nSPS) is 16.3. The molecule has 1 aliphatic heterocycles. The fourth-order valence-electron chi connectivity index (χ4n) is 4.03. The second kappa shape index (κ2) is 9.00. The van der Waals surface area contributed by atoms with E-state index in [0.717, 1.165) is 36.3 Å². The molecule has 7 nitrogen and oxygen atoms in total. The van der Waals surface area contributed by atoms with Crippen molar-refractivity contribution in [2.24, 2.45) is 0 Å². The van der Waals surface area contributed by atoms with Crippen molar-refractivity contribution in [3.63, 3.8) is 0 Å². The van der Waals surface area contributed by atoms with Gasteiger partial charge in [-0.05, 0) is 49.4 Å². The average molecular weight is 450 g/mol. The molecule has 0 fully saturated rings. The van der Waals surface area contributed by atoms with Crippen LogP contribution >= 0.6 is 11.3 Å². The van der Waals surface area contributed by atoms with Gasteiger partial charge in [-0.2, -0.15) is 0 Å². The molecule has 32 heavy (non-hydrogen) atoms. The molecule has 0 saturated carbocycles. The molecule has 0 saturated heterocycles. The number of nitrogens with zero attached hydrogens (tertiary/aromatic N) is 1. The Hall–Kier alpha value is -3.39. The van der Waals surface area contributed by atoms with Gasteiger partial charge < -0.3 is 14.8 Å². The van der Waals surface area contributed by atoms with Crippen molar-refractivity contribution in [3.05, 3.63) is 70.2 Å². The highest BCUT2D eigenvalue weighted by atomic mass is 32.1. The summed E-state index contributed by atoms with van der Waals surface area (Å²) >= 11 is 1.45. The minimum absolute atomic E-state index is 0.000767. The Kier molecular flexibility index (Phi) is 5.77. The van der Waals surface area contributed by atoms with Gasteiger partial charge in [0.1, 0.15) is 0 Å². The summed E-state index contributed by atoms with van der Waals surface area (Å²) < 4.78 is 10.6. The van der Waals surface area contributed by atoms with Gasteiger partial charge in [-0.15, -0.1) is 11.3 Å². The second-order valence-corrected chi connectivity index (χ2v) is 8.90. The van der Waals surface area contributed by atoms with E-state index in [1.807, 2.05) is 18.2 Å². The number of rotatable bonds is 6. The van der Waals surface area contributed by atoms with Crippen molar-refractivity contribution in [3.8, 4) is 11.5 Å². The lowest BCUT2D eigenvalue weighted by atomic mass is 9.90. The minimum atomic E-state index is -0.276. The third kappa shape index (κ3) is 4.31. The van der Waals surface area contributed by atoms with Crippen molar-refractivity contribution in [1.29, 1.82) is 0 Å². The topological polar surface area (TPSA) is 89.6 Å². The largest absolute Gasteiger partial charge is 0.454 e. The molecule has 3 aromatic rings. The molecule has 0 bridgehead atoms. The number of thiazole rings is 1. The molecule has 2 N–H and O–H groups in total. The van der Waals surface area contributed by atoms with Gasteiger partial charge in [0.15, 0.2) is 16.6 Å². The van der Waals surface area contributed by atoms with E-state index in [9.17, 15) is 9.59 Å². The van der Waals surface area contributed by atoms with E-state index in [2.05, 4.69) is 27.8 Å². The number of aromatic nitrogens is 1. The van der Waals surface area contributed by atoms with Crippen molar-refractivity contribution >= 4 is 28.3 Å². The van der Waals surface area contributed by atoms with Crippen LogP contribution in [-0.4, -0.2) is 30.1 Å². The third-order valence-electron chi connectivity index (χ3n) is 5.68. The smallest absolute Gasteiger partial charge is 0.257 e. The van der Waals surface area contributed by atoms with Gasteiger partial charge in [0, 0.05) is 17.0 Å². The first-order valence-corrected chi connectivity index (χ1v) is 11.5. The van der Waals surface area contributed by atoms with Crippen LogP contribution in [0.5, 0.6) is 11.5 Å². The summed E-state index contributed by atoms with van der Waals surface area (Å²) in [6, 6.07) is 15.2. The van der Waals surface area contributed by atoms with E-state index in [4.69, 9.17) is 9.47 Å². The molecule has 0 radical (unpaired) electrons. The summed E-state index contributed by atoms with van der Waals surface area (Å²) in [6.07, 6.45) is 3.37. The van der Waals surface area contributed by atoms with E-state index in [1.54, 1.807) is 18.2 Å². The van der Waals surface area contributed by atoms with Crippen LogP contribution in [0, 0.1) is 0 Å². The molecule has 1 aromatic heterocycles. The Labute approximate surface area is 189 Å². The van der Waals surface area contributed by atoms with Crippen LogP contribution in [0.15, 0.2) is 48.5 Å². The number of benzene rings is 2. The molecule has 1 unspecified atom stereocenters. The molecule has 2 aliphatic rings. The summed E-state index contributed by atoms with van der Waals surface area (Å²) in [4.78, 5) is 31.2. The molecule has 5 rings (SSSR count). The standard InChI is InChI=1S/C24H23N3O4S/c28-22(16-9-10-18-19(13-16)31-14-30-18)27-24-26-21-17(7-4-8-20(21)32-24)23(29)25-12-11-15-5-2-1-3-6-15/h1-3,5-6,9-10,13,17H,4,7-8,11-12,14H2,(H,25,29)(H,26,27,28). The van der Waals surface area contributed by atoms with Crippen molar-refractivity contribution < 1.29 is 19.1 Å². The van der Waals surface area contributed by atoms with Gasteiger partial charge in [-0.3, -0.25) is 14.9 Å². The quantitative estimate of drug-likeness (QED) is 0.596. The van der Waals surface area contributed by atoms with Crippen LogP contribution in [0.1, 0.15) is 45.3 Å². The van der Waals surface area contributed by atoms with Gasteiger partial charge in [0.25, 0.3) is 5.91 Å². The van der Waals surface area contributed by atoms with Crippen molar-refractivity contribution in [1.82, 2.24) is 10.3 Å². The number of anilines is 1. The number of amides is 2. The number of hydrogen-bond donors (Lipinski definition) is 2. The first-order chi connectivity index (χ1) is 15.7. The highest BCUT2D eigenvalue weighted by Crippen LogP contribution is 2.37. The van der Waals surface area contributed by atoms with Crippen molar-refractivity contribution in [2.45, 2.75) is 31.6 Å². The Morgan fingerprint density at radius 3 is 2.81 bits per heavy atom. The van der Waals surface area contributed by atoms with E-state index < -0.39 is 0 Å². The van der Waals surface area contributed by atoms with Crippen LogP contribution in [-0.2, 0) is 17.6 Å². The fraction of sp³-hybridized carbons (Fsp3) is 0.292. The summed E-state index contributed by atoms with van der Waals surface area (Å²) in [5.74, 6) is 0.650. The Morgan fingerprint density at radius 2 is 1.94 bits per heavy atom. The summed E-state index contributed by atoms with van der Waals surface area (Å²) in [6.45, 7) is 0.751. The number of nitrogens with one attached hydrogen (secondary N) is 2. The van der Waals surface area contributed by atoms with Gasteiger partial charge in [0.2, 0.25) is 12.7 Å². The molecular formula is C24H23N3O4S. The SMILES string of the molecule is O=C(Nc1nc2c(s1)CCCC2C(=O)NCCc1ccccc1)c1ccc2c(c1)OCO2. The van der Waals surface area contributed by atoms with Crippen LogP contribution < -0.4 is 20.1 Å². The maximum Gasteiger partial charge on any atom is 0.257 e. The van der Waals surface area contributed by atoms with Crippen LogP contribution in [0.25, 0.3) is 0 Å². The summed E-state index contributed by atoms with van der Waals surface area (Å²) in [5, 5.41) is 6.44. The van der Waals surface area contributed by atoms with Crippen LogP contribution in [0.2, 0.25) is 0 Å². The first kappa shape index (κ1) is 20.5. The zero-order valence-electron chi connectivity index (χ0n) is 17.4. The highest BCUT2D eigenvalue weighted by Gasteiger charge is 2.30. The molecule has 2 heterocycles. The van der Waals surface area contributed by atoms with E-state index in [0.29, 0.717) is 28.7 Å². The number of carbonyl (C=O) groups excluding carboxylic acids is 2. The lowest BCUT2D eigenvalue weighted by molar-refractivity contribution is -0.122.